The number of ether oxygens (including phenoxy) is 2. The minimum Gasteiger partial charge on any atom is -0.507 e. The second-order valence-corrected chi connectivity index (χ2v) is 10.6. The van der Waals surface area contributed by atoms with Gasteiger partial charge in [-0.15, -0.1) is 0 Å². The molecule has 0 saturated carbocycles. The molecule has 0 radical (unpaired) electrons. The number of aliphatic hydroxyl groups excluding tert-OH is 1. The number of aromatic hydroxyl groups is 3. The van der Waals surface area contributed by atoms with E-state index in [1.807, 2.05) is 0 Å². The van der Waals surface area contributed by atoms with Crippen LogP contribution in [0.5, 0.6) is 17.2 Å². The predicted octanol–water partition coefficient (Wildman–Crippen LogP) is 0.903. The number of fused-ring (bicyclic) bond motifs is 3. The number of carbonyl (C=O) groups is 4. The van der Waals surface area contributed by atoms with E-state index in [0.29, 0.717) is 0 Å². The summed E-state index contributed by atoms with van der Waals surface area (Å²) in [5, 5.41) is 57.4. The molecule has 1 amide bonds. The maximum atomic E-state index is 13.5. The normalized spacial score (nSPS) is 29.3. The highest BCUT2D eigenvalue weighted by molar-refractivity contribution is 6.31. The van der Waals surface area contributed by atoms with Gasteiger partial charge < -0.3 is 40.3 Å². The van der Waals surface area contributed by atoms with Crippen LogP contribution in [0.15, 0.2) is 18.2 Å². The summed E-state index contributed by atoms with van der Waals surface area (Å²) in [7, 11) is 0. The summed E-state index contributed by atoms with van der Waals surface area (Å²) in [4.78, 5) is 51.0. The van der Waals surface area contributed by atoms with Crippen molar-refractivity contribution in [2.45, 2.75) is 76.3 Å². The van der Waals surface area contributed by atoms with E-state index >= 15 is 0 Å². The third-order valence-electron chi connectivity index (χ3n) is 7.94. The van der Waals surface area contributed by atoms with Crippen molar-refractivity contribution in [3.63, 3.8) is 0 Å². The van der Waals surface area contributed by atoms with E-state index in [2.05, 4.69) is 5.32 Å². The molecule has 212 valence electrons. The zero-order valence-corrected chi connectivity index (χ0v) is 21.9. The average molecular weight is 556 g/mol. The molecule has 1 heterocycles. The monoisotopic (exact) mass is 555 g/mol. The van der Waals surface area contributed by atoms with E-state index in [-0.39, 0.29) is 28.7 Å². The second kappa shape index (κ2) is 9.66. The first kappa shape index (κ1) is 27.7. The smallest absolute Gasteiger partial charge is 0.217 e. The Balaban J connectivity index is 1.64. The molecule has 0 aromatic heterocycles. The van der Waals surface area contributed by atoms with Gasteiger partial charge in [0.1, 0.15) is 29.0 Å². The molecule has 40 heavy (non-hydrogen) atoms. The van der Waals surface area contributed by atoms with Gasteiger partial charge in [0.05, 0.1) is 34.9 Å². The zero-order chi connectivity index (χ0) is 29.3. The van der Waals surface area contributed by atoms with E-state index in [1.54, 1.807) is 6.92 Å². The van der Waals surface area contributed by atoms with E-state index in [1.165, 1.54) is 25.1 Å². The SMILES string of the molecule is CC(=O)NC1CC(OC2CC(O)(C(C)=O)Cc3c(O)c4c(c(O)c32)C(=O)c2c(O)cccc2C4=O)OC(C)C1O. The van der Waals surface area contributed by atoms with Crippen LogP contribution in [0.2, 0.25) is 0 Å². The van der Waals surface area contributed by atoms with Crippen molar-refractivity contribution in [3.05, 3.63) is 51.6 Å². The minimum atomic E-state index is -2.06. The molecule has 6 unspecified atom stereocenters. The maximum absolute atomic E-state index is 13.5. The summed E-state index contributed by atoms with van der Waals surface area (Å²) in [5.74, 6) is -4.68. The first-order chi connectivity index (χ1) is 18.7. The molecular formula is C28H29NO11. The number of hydrogen-bond acceptors (Lipinski definition) is 11. The first-order valence-electron chi connectivity index (χ1n) is 12.8. The third-order valence-corrected chi connectivity index (χ3v) is 7.94. The van der Waals surface area contributed by atoms with Gasteiger partial charge in [0.15, 0.2) is 17.9 Å². The number of ketones is 3. The highest BCUT2D eigenvalue weighted by Crippen LogP contribution is 2.52. The van der Waals surface area contributed by atoms with Gasteiger partial charge >= 0.3 is 0 Å². The van der Waals surface area contributed by atoms with Gasteiger partial charge in [-0.1, -0.05) is 12.1 Å². The van der Waals surface area contributed by atoms with Crippen LogP contribution < -0.4 is 5.32 Å². The maximum Gasteiger partial charge on any atom is 0.217 e. The molecule has 12 heteroatoms. The molecular weight excluding hydrogens is 526 g/mol. The molecule has 12 nitrogen and oxygen atoms in total. The van der Waals surface area contributed by atoms with Crippen LogP contribution >= 0.6 is 0 Å². The van der Waals surface area contributed by atoms with Crippen molar-refractivity contribution in [1.29, 1.82) is 0 Å². The summed E-state index contributed by atoms with van der Waals surface area (Å²) >= 11 is 0. The number of phenolic OH excluding ortho intramolecular Hbond substituents is 3. The predicted molar refractivity (Wildman–Crippen MR) is 135 cm³/mol. The van der Waals surface area contributed by atoms with Crippen LogP contribution in [0.3, 0.4) is 0 Å². The fourth-order valence-corrected chi connectivity index (χ4v) is 5.87. The Kier molecular flexibility index (Phi) is 6.70. The number of rotatable bonds is 4. The van der Waals surface area contributed by atoms with Crippen LogP contribution in [-0.2, 0) is 25.5 Å². The molecule has 2 aromatic rings. The van der Waals surface area contributed by atoms with E-state index in [4.69, 9.17) is 9.47 Å². The van der Waals surface area contributed by atoms with Crippen molar-refractivity contribution >= 4 is 23.3 Å². The number of benzene rings is 2. The summed E-state index contributed by atoms with van der Waals surface area (Å²) in [6, 6.07) is 3.11. The fourth-order valence-electron chi connectivity index (χ4n) is 5.87. The molecule has 3 aliphatic rings. The van der Waals surface area contributed by atoms with Crippen LogP contribution in [0.4, 0.5) is 0 Å². The zero-order valence-electron chi connectivity index (χ0n) is 21.9. The topological polar surface area (TPSA) is 200 Å². The lowest BCUT2D eigenvalue weighted by Gasteiger charge is -2.42. The second-order valence-electron chi connectivity index (χ2n) is 10.6. The number of aliphatic hydroxyl groups is 2. The molecule has 2 aliphatic carbocycles. The molecule has 6 N–H and O–H groups in total. The molecule has 5 rings (SSSR count). The molecule has 0 bridgehead atoms. The Labute approximate surface area is 228 Å². The Morgan fingerprint density at radius 2 is 1.73 bits per heavy atom. The van der Waals surface area contributed by atoms with Crippen LogP contribution in [0.1, 0.15) is 82.7 Å². The highest BCUT2D eigenvalue weighted by atomic mass is 16.7. The lowest BCUT2D eigenvalue weighted by molar-refractivity contribution is -0.249. The standard InChI is InChI=1S/C28H29NO11/c1-10-23(33)15(29-12(3)31)7-18(39-10)40-17-9-28(38,11(2)30)8-14-20(17)27(37)22-21(25(14)35)24(34)13-5-4-6-16(32)19(13)26(22)36/h4-6,10,15,17-18,23,32-33,35,37-38H,7-9H2,1-3H3,(H,29,31). The Hall–Kier alpha value is -3.84. The molecule has 2 aromatic carbocycles. The third kappa shape index (κ3) is 4.24. The van der Waals surface area contributed by atoms with Crippen molar-refractivity contribution < 1.29 is 54.2 Å². The number of nitrogens with one attached hydrogen (secondary N) is 1. The Morgan fingerprint density at radius 1 is 1.05 bits per heavy atom. The van der Waals surface area contributed by atoms with Crippen LogP contribution in [-0.4, -0.2) is 78.9 Å². The van der Waals surface area contributed by atoms with Crippen molar-refractivity contribution in [2.24, 2.45) is 0 Å². The number of hydrogen-bond donors (Lipinski definition) is 6. The van der Waals surface area contributed by atoms with Crippen molar-refractivity contribution in [3.8, 4) is 17.2 Å². The van der Waals surface area contributed by atoms with Crippen molar-refractivity contribution in [1.82, 2.24) is 5.32 Å². The lowest BCUT2D eigenvalue weighted by Crippen LogP contribution is -2.55. The van der Waals surface area contributed by atoms with Gasteiger partial charge in [-0.3, -0.25) is 19.2 Å². The van der Waals surface area contributed by atoms with E-state index in [0.717, 1.165) is 6.92 Å². The van der Waals surface area contributed by atoms with Gasteiger partial charge in [0.2, 0.25) is 11.7 Å². The summed E-state index contributed by atoms with van der Waals surface area (Å²) in [5.41, 5.74) is -3.91. The van der Waals surface area contributed by atoms with Crippen LogP contribution in [0.25, 0.3) is 0 Å². The van der Waals surface area contributed by atoms with Gasteiger partial charge in [-0.25, -0.2) is 0 Å². The van der Waals surface area contributed by atoms with Crippen molar-refractivity contribution in [2.75, 3.05) is 0 Å². The molecule has 1 saturated heterocycles. The number of phenols is 3. The minimum absolute atomic E-state index is 0.0359. The van der Waals surface area contributed by atoms with E-state index in [9.17, 15) is 44.7 Å². The first-order valence-corrected chi connectivity index (χ1v) is 12.8. The summed E-state index contributed by atoms with van der Waals surface area (Å²) in [6.45, 7) is 3.99. The van der Waals surface area contributed by atoms with E-state index < -0.39 is 101 Å². The number of amides is 1. The van der Waals surface area contributed by atoms with Gasteiger partial charge in [0.25, 0.3) is 0 Å². The largest absolute Gasteiger partial charge is 0.507 e. The number of Topliss-reactive ketones (excluding diaryl/α,β-unsaturated/α-hetero) is 1. The molecule has 6 atom stereocenters. The Bertz CT molecular complexity index is 1470. The van der Waals surface area contributed by atoms with Gasteiger partial charge in [0, 0.05) is 42.9 Å². The van der Waals surface area contributed by atoms with Gasteiger partial charge in [-0.05, 0) is 19.9 Å². The molecule has 0 spiro atoms. The Morgan fingerprint density at radius 3 is 2.38 bits per heavy atom. The highest BCUT2D eigenvalue weighted by Gasteiger charge is 2.49. The fraction of sp³-hybridized carbons (Fsp3) is 0.429. The molecule has 1 fully saturated rings. The summed E-state index contributed by atoms with van der Waals surface area (Å²) < 4.78 is 11.9. The quantitative estimate of drug-likeness (QED) is 0.250. The lowest BCUT2D eigenvalue weighted by atomic mass is 9.72. The molecule has 1 aliphatic heterocycles. The van der Waals surface area contributed by atoms with Crippen LogP contribution in [0, 0.1) is 0 Å². The average Bonchev–Trinajstić information content (AvgIpc) is 2.86. The number of carbonyl (C=O) groups excluding carboxylic acids is 4. The summed E-state index contributed by atoms with van der Waals surface area (Å²) in [6.07, 6.45) is -5.20. The van der Waals surface area contributed by atoms with Gasteiger partial charge in [-0.2, -0.15) is 0 Å².